The van der Waals surface area contributed by atoms with Crippen LogP contribution in [0.4, 0.5) is 24.5 Å². The standard InChI is InChI=1S/C13H9ClF3N3S/c14-10-5-7(1-3-9(10)12(18)21)20-8-2-4-11(19-6-8)13(15,16)17/h1-6,20H,(H2,18,21). The van der Waals surface area contributed by atoms with E-state index in [-0.39, 0.29) is 4.99 Å². The van der Waals surface area contributed by atoms with Crippen LogP contribution in [0.1, 0.15) is 11.3 Å². The number of anilines is 2. The number of thiocarbonyl (C=S) groups is 1. The van der Waals surface area contributed by atoms with E-state index < -0.39 is 11.9 Å². The van der Waals surface area contributed by atoms with Crippen LogP contribution in [-0.4, -0.2) is 9.97 Å². The van der Waals surface area contributed by atoms with Gasteiger partial charge in [0, 0.05) is 11.3 Å². The van der Waals surface area contributed by atoms with E-state index in [1.165, 1.54) is 6.07 Å². The zero-order chi connectivity index (χ0) is 15.6. The summed E-state index contributed by atoms with van der Waals surface area (Å²) < 4.78 is 37.2. The van der Waals surface area contributed by atoms with E-state index in [2.05, 4.69) is 10.3 Å². The minimum atomic E-state index is -4.46. The summed E-state index contributed by atoms with van der Waals surface area (Å²) in [5.41, 5.74) is 6.06. The molecule has 8 heteroatoms. The third-order valence-electron chi connectivity index (χ3n) is 2.58. The molecule has 1 heterocycles. The first kappa shape index (κ1) is 15.5. The van der Waals surface area contributed by atoms with E-state index in [0.29, 0.717) is 22.0 Å². The van der Waals surface area contributed by atoms with Crippen molar-refractivity contribution in [1.29, 1.82) is 0 Å². The molecular weight excluding hydrogens is 323 g/mol. The van der Waals surface area contributed by atoms with Gasteiger partial charge in [-0.15, -0.1) is 0 Å². The molecule has 0 spiro atoms. The van der Waals surface area contributed by atoms with Gasteiger partial charge in [-0.3, -0.25) is 0 Å². The minimum Gasteiger partial charge on any atom is -0.389 e. The molecule has 0 bridgehead atoms. The summed E-state index contributed by atoms with van der Waals surface area (Å²) in [6.07, 6.45) is -3.36. The Balaban J connectivity index is 2.19. The molecule has 0 aliphatic heterocycles. The molecular formula is C13H9ClF3N3S. The number of aromatic nitrogens is 1. The second-order valence-corrected chi connectivity index (χ2v) is 4.96. The smallest absolute Gasteiger partial charge is 0.389 e. The first-order valence-electron chi connectivity index (χ1n) is 5.67. The van der Waals surface area contributed by atoms with E-state index in [0.717, 1.165) is 12.3 Å². The fraction of sp³-hybridized carbons (Fsp3) is 0.0769. The Labute approximate surface area is 128 Å². The number of nitrogens with zero attached hydrogens (tertiary/aromatic N) is 1. The molecule has 0 aliphatic rings. The van der Waals surface area contributed by atoms with E-state index >= 15 is 0 Å². The molecule has 0 amide bonds. The first-order chi connectivity index (χ1) is 9.77. The Hall–Kier alpha value is -1.86. The lowest BCUT2D eigenvalue weighted by Gasteiger charge is -2.10. The number of pyridine rings is 1. The SMILES string of the molecule is NC(=S)c1ccc(Nc2ccc(C(F)(F)F)nc2)cc1Cl. The molecule has 0 aliphatic carbocycles. The van der Waals surface area contributed by atoms with E-state index in [1.54, 1.807) is 18.2 Å². The van der Waals surface area contributed by atoms with Gasteiger partial charge in [0.15, 0.2) is 0 Å². The highest BCUT2D eigenvalue weighted by Gasteiger charge is 2.31. The second kappa shape index (κ2) is 5.87. The number of nitrogens with two attached hydrogens (primary N) is 1. The molecule has 0 atom stereocenters. The largest absolute Gasteiger partial charge is 0.433 e. The van der Waals surface area contributed by atoms with Crippen LogP contribution >= 0.6 is 23.8 Å². The van der Waals surface area contributed by atoms with Crippen molar-refractivity contribution in [3.8, 4) is 0 Å². The quantitative estimate of drug-likeness (QED) is 0.830. The van der Waals surface area contributed by atoms with Gasteiger partial charge in [-0.25, -0.2) is 4.98 Å². The van der Waals surface area contributed by atoms with Crippen molar-refractivity contribution in [2.45, 2.75) is 6.18 Å². The van der Waals surface area contributed by atoms with Crippen LogP contribution < -0.4 is 11.1 Å². The summed E-state index contributed by atoms with van der Waals surface area (Å²) in [7, 11) is 0. The van der Waals surface area contributed by atoms with Crippen molar-refractivity contribution < 1.29 is 13.2 Å². The number of hydrogen-bond acceptors (Lipinski definition) is 3. The van der Waals surface area contributed by atoms with Gasteiger partial charge in [-0.1, -0.05) is 23.8 Å². The molecule has 0 unspecified atom stereocenters. The number of hydrogen-bond donors (Lipinski definition) is 2. The van der Waals surface area contributed by atoms with E-state index in [1.807, 2.05) is 0 Å². The van der Waals surface area contributed by atoms with Crippen LogP contribution in [0.2, 0.25) is 5.02 Å². The Kier molecular flexibility index (Phi) is 4.34. The molecule has 0 radical (unpaired) electrons. The van der Waals surface area contributed by atoms with Gasteiger partial charge >= 0.3 is 6.18 Å². The van der Waals surface area contributed by atoms with Gasteiger partial charge in [0.2, 0.25) is 0 Å². The highest BCUT2D eigenvalue weighted by molar-refractivity contribution is 7.80. The van der Waals surface area contributed by atoms with Gasteiger partial charge in [0.1, 0.15) is 10.7 Å². The number of rotatable bonds is 3. The van der Waals surface area contributed by atoms with E-state index in [9.17, 15) is 13.2 Å². The lowest BCUT2D eigenvalue weighted by molar-refractivity contribution is -0.141. The Bertz CT molecular complexity index is 671. The average molecular weight is 332 g/mol. The summed E-state index contributed by atoms with van der Waals surface area (Å²) in [5.74, 6) is 0. The Morgan fingerprint density at radius 3 is 2.33 bits per heavy atom. The number of nitrogens with one attached hydrogen (secondary N) is 1. The van der Waals surface area contributed by atoms with Crippen molar-refractivity contribution in [2.24, 2.45) is 5.73 Å². The third kappa shape index (κ3) is 3.83. The predicted octanol–water partition coefficient (Wildman–Crippen LogP) is 4.13. The normalized spacial score (nSPS) is 11.2. The monoisotopic (exact) mass is 331 g/mol. The molecule has 0 saturated carbocycles. The number of alkyl halides is 3. The summed E-state index contributed by atoms with van der Waals surface area (Å²) in [5, 5.41) is 3.25. The second-order valence-electron chi connectivity index (χ2n) is 4.11. The summed E-state index contributed by atoms with van der Waals surface area (Å²) >= 11 is 10.8. The number of halogens is 4. The lowest BCUT2D eigenvalue weighted by Crippen LogP contribution is -2.10. The van der Waals surface area contributed by atoms with Crippen molar-refractivity contribution in [2.75, 3.05) is 5.32 Å². The predicted molar refractivity (Wildman–Crippen MR) is 79.9 cm³/mol. The van der Waals surface area contributed by atoms with Gasteiger partial charge in [0.05, 0.1) is 16.9 Å². The van der Waals surface area contributed by atoms with E-state index in [4.69, 9.17) is 29.6 Å². The molecule has 2 rings (SSSR count). The molecule has 21 heavy (non-hydrogen) atoms. The molecule has 3 N–H and O–H groups in total. The topological polar surface area (TPSA) is 50.9 Å². The number of benzene rings is 1. The first-order valence-corrected chi connectivity index (χ1v) is 6.45. The zero-order valence-electron chi connectivity index (χ0n) is 10.4. The van der Waals surface area contributed by atoms with Crippen molar-refractivity contribution >= 4 is 40.2 Å². The van der Waals surface area contributed by atoms with Crippen LogP contribution in [0.25, 0.3) is 0 Å². The van der Waals surface area contributed by atoms with Crippen LogP contribution in [0, 0.1) is 0 Å². The summed E-state index contributed by atoms with van der Waals surface area (Å²) in [6.45, 7) is 0. The Morgan fingerprint density at radius 1 is 1.19 bits per heavy atom. The third-order valence-corrected chi connectivity index (χ3v) is 3.11. The van der Waals surface area contributed by atoms with Crippen LogP contribution in [0.5, 0.6) is 0 Å². The maximum absolute atomic E-state index is 12.4. The zero-order valence-corrected chi connectivity index (χ0v) is 12.0. The van der Waals surface area contributed by atoms with Crippen LogP contribution in [0.3, 0.4) is 0 Å². The molecule has 1 aromatic carbocycles. The maximum Gasteiger partial charge on any atom is 0.433 e. The molecule has 0 fully saturated rings. The summed E-state index contributed by atoms with van der Waals surface area (Å²) in [4.78, 5) is 3.52. The van der Waals surface area contributed by atoms with Gasteiger partial charge in [-0.2, -0.15) is 13.2 Å². The Morgan fingerprint density at radius 2 is 1.86 bits per heavy atom. The van der Waals surface area contributed by atoms with Gasteiger partial charge in [-0.05, 0) is 30.3 Å². The minimum absolute atomic E-state index is 0.169. The van der Waals surface area contributed by atoms with Crippen molar-refractivity contribution in [3.63, 3.8) is 0 Å². The highest BCUT2D eigenvalue weighted by Crippen LogP contribution is 2.29. The van der Waals surface area contributed by atoms with Crippen molar-refractivity contribution in [1.82, 2.24) is 4.98 Å². The fourth-order valence-electron chi connectivity index (χ4n) is 1.59. The molecule has 3 nitrogen and oxygen atoms in total. The molecule has 110 valence electrons. The van der Waals surface area contributed by atoms with Gasteiger partial charge in [0.25, 0.3) is 0 Å². The molecule has 2 aromatic rings. The summed E-state index contributed by atoms with van der Waals surface area (Å²) in [6, 6.07) is 7.05. The lowest BCUT2D eigenvalue weighted by atomic mass is 10.2. The fourth-order valence-corrected chi connectivity index (χ4v) is 2.11. The van der Waals surface area contributed by atoms with Crippen LogP contribution in [-0.2, 0) is 6.18 Å². The molecule has 1 aromatic heterocycles. The van der Waals surface area contributed by atoms with Crippen molar-refractivity contribution in [3.05, 3.63) is 52.8 Å². The average Bonchev–Trinajstić information content (AvgIpc) is 2.38. The molecule has 0 saturated heterocycles. The van der Waals surface area contributed by atoms with Crippen LogP contribution in [0.15, 0.2) is 36.5 Å². The van der Waals surface area contributed by atoms with Gasteiger partial charge < -0.3 is 11.1 Å². The maximum atomic E-state index is 12.4. The highest BCUT2D eigenvalue weighted by atomic mass is 35.5.